The monoisotopic (exact) mass is 252 g/mol. The van der Waals surface area contributed by atoms with E-state index in [4.69, 9.17) is 11.6 Å². The van der Waals surface area contributed by atoms with Gasteiger partial charge in [0.25, 0.3) is 5.91 Å². The molecule has 1 aliphatic heterocycles. The van der Waals surface area contributed by atoms with Gasteiger partial charge in [-0.25, -0.2) is 0 Å². The maximum atomic E-state index is 11.8. The van der Waals surface area contributed by atoms with Crippen molar-refractivity contribution in [3.8, 4) is 0 Å². The molecular formula is C12H13ClN2O2. The van der Waals surface area contributed by atoms with Gasteiger partial charge in [-0.1, -0.05) is 11.6 Å². The van der Waals surface area contributed by atoms with Crippen LogP contribution in [0.1, 0.15) is 23.2 Å². The summed E-state index contributed by atoms with van der Waals surface area (Å²) in [5.74, 6) is -0.0928. The molecule has 17 heavy (non-hydrogen) atoms. The molecule has 0 saturated carbocycles. The lowest BCUT2D eigenvalue weighted by atomic mass is 10.1. The second-order valence-electron chi connectivity index (χ2n) is 4.02. The van der Waals surface area contributed by atoms with Gasteiger partial charge in [-0.3, -0.25) is 9.59 Å². The Hall–Kier alpha value is -1.55. The molecule has 0 radical (unpaired) electrons. The van der Waals surface area contributed by atoms with Crippen molar-refractivity contribution < 1.29 is 9.59 Å². The lowest BCUT2D eigenvalue weighted by molar-refractivity contribution is -0.122. The number of carbonyl (C=O) groups is 2. The van der Waals surface area contributed by atoms with Crippen LogP contribution < -0.4 is 10.6 Å². The largest absolute Gasteiger partial charge is 0.354 e. The predicted molar refractivity (Wildman–Crippen MR) is 64.9 cm³/mol. The van der Waals surface area contributed by atoms with Crippen LogP contribution in [-0.2, 0) is 4.79 Å². The number of piperidine rings is 1. The van der Waals surface area contributed by atoms with E-state index in [-0.39, 0.29) is 17.9 Å². The van der Waals surface area contributed by atoms with E-state index in [1.165, 1.54) is 0 Å². The Balaban J connectivity index is 1.93. The zero-order valence-corrected chi connectivity index (χ0v) is 9.96. The van der Waals surface area contributed by atoms with Crippen molar-refractivity contribution in [2.24, 2.45) is 0 Å². The third-order valence-electron chi connectivity index (χ3n) is 2.71. The molecule has 1 atom stereocenters. The standard InChI is InChI=1S/C12H13ClN2O2/c13-9-3-1-8(2-4-9)12(17)15-10-5-6-11(16)14-7-10/h1-4,10H,5-7H2,(H,14,16)(H,15,17). The van der Waals surface area contributed by atoms with Gasteiger partial charge in [0.15, 0.2) is 0 Å². The molecule has 1 unspecified atom stereocenters. The maximum absolute atomic E-state index is 11.8. The Kier molecular flexibility index (Phi) is 3.64. The third kappa shape index (κ3) is 3.20. The average molecular weight is 253 g/mol. The minimum atomic E-state index is -0.136. The number of hydrogen-bond donors (Lipinski definition) is 2. The van der Waals surface area contributed by atoms with Crippen LogP contribution in [0.15, 0.2) is 24.3 Å². The van der Waals surface area contributed by atoms with Crippen molar-refractivity contribution in [3.05, 3.63) is 34.9 Å². The highest BCUT2D eigenvalue weighted by Crippen LogP contribution is 2.10. The van der Waals surface area contributed by atoms with Crippen LogP contribution in [0.25, 0.3) is 0 Å². The molecule has 2 rings (SSSR count). The Labute approximate surface area is 104 Å². The first-order chi connectivity index (χ1) is 8.15. The zero-order chi connectivity index (χ0) is 12.3. The first-order valence-electron chi connectivity index (χ1n) is 5.48. The minimum absolute atomic E-state index is 0.0101. The number of rotatable bonds is 2. The highest BCUT2D eigenvalue weighted by Gasteiger charge is 2.19. The van der Waals surface area contributed by atoms with Crippen molar-refractivity contribution in [2.45, 2.75) is 18.9 Å². The molecule has 90 valence electrons. The van der Waals surface area contributed by atoms with E-state index >= 15 is 0 Å². The van der Waals surface area contributed by atoms with Gasteiger partial charge in [0, 0.05) is 29.6 Å². The molecule has 1 aromatic rings. The van der Waals surface area contributed by atoms with Crippen molar-refractivity contribution in [3.63, 3.8) is 0 Å². The van der Waals surface area contributed by atoms with Gasteiger partial charge in [0.1, 0.15) is 0 Å². The van der Waals surface area contributed by atoms with Gasteiger partial charge in [-0.15, -0.1) is 0 Å². The molecule has 2 amide bonds. The van der Waals surface area contributed by atoms with Gasteiger partial charge in [0.2, 0.25) is 5.91 Å². The highest BCUT2D eigenvalue weighted by molar-refractivity contribution is 6.30. The molecule has 1 fully saturated rings. The Morgan fingerprint density at radius 2 is 2.06 bits per heavy atom. The summed E-state index contributed by atoms with van der Waals surface area (Å²) in [6.07, 6.45) is 1.15. The van der Waals surface area contributed by atoms with E-state index in [1.807, 2.05) is 0 Å². The molecule has 1 aliphatic rings. The van der Waals surface area contributed by atoms with E-state index in [1.54, 1.807) is 24.3 Å². The lowest BCUT2D eigenvalue weighted by Gasteiger charge is -2.23. The Morgan fingerprint density at radius 3 is 2.65 bits per heavy atom. The predicted octanol–water partition coefficient (Wildman–Crippen LogP) is 1.35. The smallest absolute Gasteiger partial charge is 0.251 e. The number of nitrogens with one attached hydrogen (secondary N) is 2. The molecule has 5 heteroatoms. The summed E-state index contributed by atoms with van der Waals surface area (Å²) < 4.78 is 0. The quantitative estimate of drug-likeness (QED) is 0.835. The number of halogens is 1. The summed E-state index contributed by atoms with van der Waals surface area (Å²) in [5.41, 5.74) is 0.575. The zero-order valence-electron chi connectivity index (χ0n) is 9.20. The molecule has 0 aromatic heterocycles. The fraction of sp³-hybridized carbons (Fsp3) is 0.333. The van der Waals surface area contributed by atoms with Crippen molar-refractivity contribution in [2.75, 3.05) is 6.54 Å². The summed E-state index contributed by atoms with van der Waals surface area (Å²) >= 11 is 5.75. The van der Waals surface area contributed by atoms with Gasteiger partial charge >= 0.3 is 0 Å². The second-order valence-corrected chi connectivity index (χ2v) is 4.46. The van der Waals surface area contributed by atoms with E-state index in [2.05, 4.69) is 10.6 Å². The number of amides is 2. The summed E-state index contributed by atoms with van der Waals surface area (Å²) in [7, 11) is 0. The first-order valence-corrected chi connectivity index (χ1v) is 5.86. The first kappa shape index (κ1) is 11.9. The topological polar surface area (TPSA) is 58.2 Å². The van der Waals surface area contributed by atoms with E-state index in [0.29, 0.717) is 30.0 Å². The van der Waals surface area contributed by atoms with E-state index in [0.717, 1.165) is 0 Å². The second kappa shape index (κ2) is 5.19. The van der Waals surface area contributed by atoms with Crippen LogP contribution in [0, 0.1) is 0 Å². The van der Waals surface area contributed by atoms with Crippen LogP contribution in [0.4, 0.5) is 0 Å². The minimum Gasteiger partial charge on any atom is -0.354 e. The van der Waals surface area contributed by atoms with E-state index in [9.17, 15) is 9.59 Å². The van der Waals surface area contributed by atoms with Crippen molar-refractivity contribution in [1.29, 1.82) is 0 Å². The van der Waals surface area contributed by atoms with Crippen molar-refractivity contribution >= 4 is 23.4 Å². The SMILES string of the molecule is O=C1CCC(NC(=O)c2ccc(Cl)cc2)CN1. The number of hydrogen-bond acceptors (Lipinski definition) is 2. The Morgan fingerprint density at radius 1 is 1.35 bits per heavy atom. The van der Waals surface area contributed by atoms with Gasteiger partial charge in [0.05, 0.1) is 0 Å². The Bertz CT molecular complexity index is 421. The van der Waals surface area contributed by atoms with Gasteiger partial charge < -0.3 is 10.6 Å². The van der Waals surface area contributed by atoms with Crippen molar-refractivity contribution in [1.82, 2.24) is 10.6 Å². The van der Waals surface area contributed by atoms with E-state index < -0.39 is 0 Å². The molecule has 2 N–H and O–H groups in total. The maximum Gasteiger partial charge on any atom is 0.251 e. The molecule has 0 bridgehead atoms. The summed E-state index contributed by atoms with van der Waals surface area (Å²) in [4.78, 5) is 22.8. The summed E-state index contributed by atoms with van der Waals surface area (Å²) in [6.45, 7) is 0.498. The molecule has 1 heterocycles. The molecule has 0 aliphatic carbocycles. The number of benzene rings is 1. The molecular weight excluding hydrogens is 240 g/mol. The summed E-state index contributed by atoms with van der Waals surface area (Å²) in [5, 5.41) is 6.20. The van der Waals surface area contributed by atoms with Crippen LogP contribution in [0.3, 0.4) is 0 Å². The van der Waals surface area contributed by atoms with Crippen LogP contribution in [-0.4, -0.2) is 24.4 Å². The highest BCUT2D eigenvalue weighted by atomic mass is 35.5. The van der Waals surface area contributed by atoms with Gasteiger partial charge in [-0.2, -0.15) is 0 Å². The molecule has 4 nitrogen and oxygen atoms in total. The molecule has 0 spiro atoms. The normalized spacial score (nSPS) is 19.6. The fourth-order valence-electron chi connectivity index (χ4n) is 1.73. The van der Waals surface area contributed by atoms with Crippen LogP contribution in [0.2, 0.25) is 5.02 Å². The van der Waals surface area contributed by atoms with Gasteiger partial charge in [-0.05, 0) is 30.7 Å². The molecule has 1 saturated heterocycles. The fourth-order valence-corrected chi connectivity index (χ4v) is 1.85. The molecule has 1 aromatic carbocycles. The van der Waals surface area contributed by atoms with Crippen LogP contribution in [0.5, 0.6) is 0 Å². The third-order valence-corrected chi connectivity index (χ3v) is 2.96. The number of carbonyl (C=O) groups excluding carboxylic acids is 2. The average Bonchev–Trinajstić information content (AvgIpc) is 2.33. The van der Waals surface area contributed by atoms with Crippen LogP contribution >= 0.6 is 11.6 Å². The lowest BCUT2D eigenvalue weighted by Crippen LogP contribution is -2.47. The summed E-state index contributed by atoms with van der Waals surface area (Å²) in [6, 6.07) is 6.73.